The first-order valence-electron chi connectivity index (χ1n) is 10.2. The first-order valence-corrected chi connectivity index (χ1v) is 12.4. The van der Waals surface area contributed by atoms with Crippen molar-refractivity contribution in [3.05, 3.63) is 35.2 Å². The molecule has 1 aromatic heterocycles. The van der Waals surface area contributed by atoms with E-state index in [-0.39, 0.29) is 22.6 Å². The average Bonchev–Trinajstić information content (AvgIpc) is 3.17. The predicted molar refractivity (Wildman–Crippen MR) is 121 cm³/mol. The molecule has 3 rings (SSSR count). The minimum atomic E-state index is -3.66. The Bertz CT molecular complexity index is 1060. The molecule has 0 atom stereocenters. The second-order valence-corrected chi connectivity index (χ2v) is 10.6. The molecule has 1 aliphatic rings. The lowest BCUT2D eigenvalue weighted by Crippen LogP contribution is -2.35. The van der Waals surface area contributed by atoms with E-state index in [1.807, 2.05) is 13.8 Å². The lowest BCUT2D eigenvalue weighted by Gasteiger charge is -2.26. The van der Waals surface area contributed by atoms with Gasteiger partial charge in [-0.15, -0.1) is 11.3 Å². The van der Waals surface area contributed by atoms with Crippen LogP contribution in [0.2, 0.25) is 0 Å². The lowest BCUT2D eigenvalue weighted by atomic mass is 10.2. The van der Waals surface area contributed by atoms with Crippen LogP contribution in [0.4, 0.5) is 10.7 Å². The van der Waals surface area contributed by atoms with E-state index in [0.29, 0.717) is 28.7 Å². The van der Waals surface area contributed by atoms with Crippen molar-refractivity contribution in [2.75, 3.05) is 23.7 Å². The Hall–Kier alpha value is -2.43. The molecule has 0 spiro atoms. The molecule has 31 heavy (non-hydrogen) atoms. The van der Waals surface area contributed by atoms with E-state index in [9.17, 15) is 18.0 Å². The number of nitrogens with zero attached hydrogens (tertiary/aromatic N) is 1. The van der Waals surface area contributed by atoms with E-state index in [0.717, 1.165) is 30.6 Å². The summed E-state index contributed by atoms with van der Waals surface area (Å²) in [5.41, 5.74) is 0.284. The normalized spacial score (nSPS) is 15.0. The summed E-state index contributed by atoms with van der Waals surface area (Å²) >= 11 is 1.13. The van der Waals surface area contributed by atoms with Crippen LogP contribution in [0, 0.1) is 0 Å². The molecule has 1 aromatic carbocycles. The molecule has 1 fully saturated rings. The van der Waals surface area contributed by atoms with Crippen LogP contribution in [-0.2, 0) is 14.8 Å². The van der Waals surface area contributed by atoms with Crippen LogP contribution in [0.3, 0.4) is 0 Å². The van der Waals surface area contributed by atoms with Crippen molar-refractivity contribution in [2.24, 2.45) is 0 Å². The molecule has 0 unspecified atom stereocenters. The van der Waals surface area contributed by atoms with Crippen molar-refractivity contribution < 1.29 is 22.7 Å². The number of anilines is 2. The number of benzene rings is 1. The van der Waals surface area contributed by atoms with E-state index in [1.54, 1.807) is 18.2 Å². The van der Waals surface area contributed by atoms with Gasteiger partial charge >= 0.3 is 0 Å². The van der Waals surface area contributed by atoms with Crippen LogP contribution in [-0.4, -0.2) is 43.7 Å². The molecule has 1 saturated heterocycles. The smallest absolute Gasteiger partial charge is 0.265 e. The van der Waals surface area contributed by atoms with Gasteiger partial charge in [-0.05, 0) is 57.0 Å². The predicted octanol–water partition coefficient (Wildman–Crippen LogP) is 3.92. The highest BCUT2D eigenvalue weighted by Crippen LogP contribution is 2.32. The SMILES string of the molecule is CC(=O)Nc1ccc(C(=O)Nc2cc(S(=O)(=O)N3CCCCC3)ccc2OC(C)C)s1. The molecular weight excluding hydrogens is 438 g/mol. The summed E-state index contributed by atoms with van der Waals surface area (Å²) in [6, 6.07) is 7.77. The van der Waals surface area contributed by atoms with Crippen LogP contribution in [0.15, 0.2) is 35.2 Å². The van der Waals surface area contributed by atoms with Gasteiger partial charge in [0, 0.05) is 20.0 Å². The molecule has 2 N–H and O–H groups in total. The Morgan fingerprint density at radius 2 is 1.77 bits per heavy atom. The van der Waals surface area contributed by atoms with Crippen LogP contribution >= 0.6 is 11.3 Å². The van der Waals surface area contributed by atoms with E-state index in [4.69, 9.17) is 4.74 Å². The van der Waals surface area contributed by atoms with Gasteiger partial charge in [0.25, 0.3) is 5.91 Å². The number of hydrogen-bond donors (Lipinski definition) is 2. The number of nitrogens with one attached hydrogen (secondary N) is 2. The summed E-state index contributed by atoms with van der Waals surface area (Å²) in [5, 5.41) is 5.96. The molecule has 2 heterocycles. The summed E-state index contributed by atoms with van der Waals surface area (Å²) < 4.78 is 33.4. The topological polar surface area (TPSA) is 105 Å². The molecule has 0 bridgehead atoms. The second kappa shape index (κ2) is 9.80. The van der Waals surface area contributed by atoms with E-state index in [1.165, 1.54) is 23.4 Å². The highest BCUT2D eigenvalue weighted by atomic mass is 32.2. The summed E-state index contributed by atoms with van der Waals surface area (Å²) in [4.78, 5) is 24.5. The van der Waals surface area contributed by atoms with Crippen molar-refractivity contribution in [2.45, 2.75) is 51.0 Å². The Balaban J connectivity index is 1.89. The fourth-order valence-electron chi connectivity index (χ4n) is 3.26. The van der Waals surface area contributed by atoms with Gasteiger partial charge < -0.3 is 15.4 Å². The van der Waals surface area contributed by atoms with Crippen molar-refractivity contribution in [3.8, 4) is 5.75 Å². The summed E-state index contributed by atoms with van der Waals surface area (Å²) in [5.74, 6) is -0.251. The second-order valence-electron chi connectivity index (χ2n) is 7.59. The maximum Gasteiger partial charge on any atom is 0.265 e. The van der Waals surface area contributed by atoms with Gasteiger partial charge in [0.1, 0.15) is 5.75 Å². The molecule has 0 saturated carbocycles. The first-order chi connectivity index (χ1) is 14.7. The van der Waals surface area contributed by atoms with Crippen LogP contribution < -0.4 is 15.4 Å². The van der Waals surface area contributed by atoms with Gasteiger partial charge in [-0.2, -0.15) is 4.31 Å². The molecule has 8 nitrogen and oxygen atoms in total. The number of thiophene rings is 1. The number of rotatable bonds is 7. The molecule has 10 heteroatoms. The summed E-state index contributed by atoms with van der Waals surface area (Å²) in [6.45, 7) is 6.08. The summed E-state index contributed by atoms with van der Waals surface area (Å²) in [7, 11) is -3.66. The first kappa shape index (κ1) is 23.2. The Kier molecular flexibility index (Phi) is 7.34. The Morgan fingerprint density at radius 3 is 2.42 bits per heavy atom. The zero-order valence-corrected chi connectivity index (χ0v) is 19.4. The van der Waals surface area contributed by atoms with Crippen LogP contribution in [0.5, 0.6) is 5.75 Å². The van der Waals surface area contributed by atoms with Gasteiger partial charge in [-0.3, -0.25) is 9.59 Å². The molecule has 168 valence electrons. The third-order valence-corrected chi connectivity index (χ3v) is 7.54. The fourth-order valence-corrected chi connectivity index (χ4v) is 5.65. The lowest BCUT2D eigenvalue weighted by molar-refractivity contribution is -0.114. The molecule has 2 amide bonds. The van der Waals surface area contributed by atoms with Gasteiger partial charge in [0.15, 0.2) is 0 Å². The highest BCUT2D eigenvalue weighted by molar-refractivity contribution is 7.89. The fraction of sp³-hybridized carbons (Fsp3) is 0.429. The maximum atomic E-state index is 13.1. The number of carbonyl (C=O) groups is 2. The number of sulfonamides is 1. The van der Waals surface area contributed by atoms with Gasteiger partial charge in [0.05, 0.1) is 26.6 Å². The number of carbonyl (C=O) groups excluding carboxylic acids is 2. The summed E-state index contributed by atoms with van der Waals surface area (Å²) in [6.07, 6.45) is 2.54. The van der Waals surface area contributed by atoms with Crippen LogP contribution in [0.1, 0.15) is 49.7 Å². The Labute approximate surface area is 186 Å². The molecule has 0 radical (unpaired) electrons. The standard InChI is InChI=1S/C21H27N3O5S2/c1-14(2)29-18-8-7-16(31(27,28)24-11-5-4-6-12-24)13-17(18)23-21(26)19-9-10-20(30-19)22-15(3)25/h7-10,13-14H,4-6,11-12H2,1-3H3,(H,22,25)(H,23,26). The van der Waals surface area contributed by atoms with Gasteiger partial charge in [0.2, 0.25) is 15.9 Å². The average molecular weight is 466 g/mol. The third kappa shape index (κ3) is 5.84. The van der Waals surface area contributed by atoms with E-state index < -0.39 is 15.9 Å². The van der Waals surface area contributed by atoms with E-state index in [2.05, 4.69) is 10.6 Å². The largest absolute Gasteiger partial charge is 0.489 e. The van der Waals surface area contributed by atoms with Crippen LogP contribution in [0.25, 0.3) is 0 Å². The minimum Gasteiger partial charge on any atom is -0.489 e. The van der Waals surface area contributed by atoms with Crippen molar-refractivity contribution in [1.82, 2.24) is 4.31 Å². The van der Waals surface area contributed by atoms with E-state index >= 15 is 0 Å². The molecule has 2 aromatic rings. The third-order valence-electron chi connectivity index (χ3n) is 4.64. The molecule has 0 aliphatic carbocycles. The van der Waals surface area contributed by atoms with Crippen molar-refractivity contribution >= 4 is 43.9 Å². The number of piperidine rings is 1. The highest BCUT2D eigenvalue weighted by Gasteiger charge is 2.27. The maximum absolute atomic E-state index is 13.1. The van der Waals surface area contributed by atoms with Crippen molar-refractivity contribution in [3.63, 3.8) is 0 Å². The van der Waals surface area contributed by atoms with Gasteiger partial charge in [-0.25, -0.2) is 8.42 Å². The molecular formula is C21H27N3O5S2. The van der Waals surface area contributed by atoms with Gasteiger partial charge in [-0.1, -0.05) is 6.42 Å². The monoisotopic (exact) mass is 465 g/mol. The number of amides is 2. The zero-order valence-electron chi connectivity index (χ0n) is 17.8. The molecule has 1 aliphatic heterocycles. The minimum absolute atomic E-state index is 0.117. The number of ether oxygens (including phenoxy) is 1. The quantitative estimate of drug-likeness (QED) is 0.645. The Morgan fingerprint density at radius 1 is 1.06 bits per heavy atom. The number of hydrogen-bond acceptors (Lipinski definition) is 6. The zero-order chi connectivity index (χ0) is 22.6. The van der Waals surface area contributed by atoms with Crippen molar-refractivity contribution in [1.29, 1.82) is 0 Å².